The SMILES string of the molecule is Cc1c(C(=O)N2CCN(c3ccc(Cl)c(Cl)c3)CC2)sc2nc(-c3ccc(F)cc3)cn12. The first-order valence-corrected chi connectivity index (χ1v) is 11.7. The van der Waals surface area contributed by atoms with Crippen molar-refractivity contribution in [3.8, 4) is 11.3 Å². The first-order chi connectivity index (χ1) is 15.4. The molecular formula is C23H19Cl2FN4OS. The first-order valence-electron chi connectivity index (χ1n) is 10.1. The Morgan fingerprint density at radius 1 is 1.03 bits per heavy atom. The molecule has 0 unspecified atom stereocenters. The summed E-state index contributed by atoms with van der Waals surface area (Å²) < 4.78 is 15.1. The van der Waals surface area contributed by atoms with E-state index in [1.165, 1.54) is 23.5 Å². The number of hydrogen-bond donors (Lipinski definition) is 0. The molecule has 32 heavy (non-hydrogen) atoms. The molecular weight excluding hydrogens is 470 g/mol. The zero-order valence-corrected chi connectivity index (χ0v) is 19.5. The Morgan fingerprint density at radius 2 is 1.75 bits per heavy atom. The van der Waals surface area contributed by atoms with Gasteiger partial charge in [-0.2, -0.15) is 0 Å². The van der Waals surface area contributed by atoms with Crippen LogP contribution in [0.5, 0.6) is 0 Å². The van der Waals surface area contributed by atoms with Gasteiger partial charge in [-0.25, -0.2) is 9.37 Å². The number of fused-ring (bicyclic) bond motifs is 1. The number of amides is 1. The molecule has 0 bridgehead atoms. The number of benzene rings is 2. The van der Waals surface area contributed by atoms with Gasteiger partial charge in [0.15, 0.2) is 4.96 Å². The number of rotatable bonds is 3. The molecule has 1 aliphatic heterocycles. The topological polar surface area (TPSA) is 40.9 Å². The summed E-state index contributed by atoms with van der Waals surface area (Å²) in [6, 6.07) is 11.8. The highest BCUT2D eigenvalue weighted by molar-refractivity contribution is 7.19. The predicted molar refractivity (Wildman–Crippen MR) is 128 cm³/mol. The van der Waals surface area contributed by atoms with Gasteiger partial charge in [0.25, 0.3) is 5.91 Å². The van der Waals surface area contributed by atoms with E-state index in [0.717, 1.165) is 40.7 Å². The van der Waals surface area contributed by atoms with Crippen LogP contribution >= 0.6 is 34.5 Å². The maximum Gasteiger partial charge on any atom is 0.265 e. The molecule has 0 saturated carbocycles. The smallest absolute Gasteiger partial charge is 0.265 e. The fourth-order valence-corrected chi connectivity index (χ4v) is 5.27. The minimum absolute atomic E-state index is 0.0233. The van der Waals surface area contributed by atoms with Crippen LogP contribution in [0, 0.1) is 12.7 Å². The molecule has 4 aromatic rings. The van der Waals surface area contributed by atoms with Crippen molar-refractivity contribution in [2.45, 2.75) is 6.92 Å². The third kappa shape index (κ3) is 3.85. The van der Waals surface area contributed by atoms with Crippen molar-refractivity contribution >= 4 is 51.1 Å². The lowest BCUT2D eigenvalue weighted by molar-refractivity contribution is 0.0750. The molecule has 0 spiro atoms. The minimum atomic E-state index is -0.280. The largest absolute Gasteiger partial charge is 0.368 e. The number of halogens is 3. The van der Waals surface area contributed by atoms with Crippen LogP contribution in [0.1, 0.15) is 15.4 Å². The van der Waals surface area contributed by atoms with Crippen molar-refractivity contribution in [1.29, 1.82) is 0 Å². The van der Waals surface area contributed by atoms with Crippen molar-refractivity contribution in [3.63, 3.8) is 0 Å². The second-order valence-corrected chi connectivity index (χ2v) is 9.47. The van der Waals surface area contributed by atoms with E-state index < -0.39 is 0 Å². The Hall–Kier alpha value is -2.61. The molecule has 3 heterocycles. The number of thiazole rings is 1. The Kier molecular flexibility index (Phi) is 5.57. The summed E-state index contributed by atoms with van der Waals surface area (Å²) in [6.07, 6.45) is 1.90. The number of nitrogens with zero attached hydrogens (tertiary/aromatic N) is 4. The number of anilines is 1. The maximum absolute atomic E-state index is 13.2. The second kappa shape index (κ2) is 8.39. The molecule has 1 amide bonds. The van der Waals surface area contributed by atoms with E-state index in [9.17, 15) is 9.18 Å². The van der Waals surface area contributed by atoms with E-state index >= 15 is 0 Å². The van der Waals surface area contributed by atoms with Crippen LogP contribution in [0.15, 0.2) is 48.7 Å². The van der Waals surface area contributed by atoms with Crippen molar-refractivity contribution < 1.29 is 9.18 Å². The summed E-state index contributed by atoms with van der Waals surface area (Å²) in [5.41, 5.74) is 3.47. The molecule has 1 fully saturated rings. The third-order valence-electron chi connectivity index (χ3n) is 5.73. The summed E-state index contributed by atoms with van der Waals surface area (Å²) in [4.78, 5) is 23.4. The van der Waals surface area contributed by atoms with Crippen molar-refractivity contribution in [2.24, 2.45) is 0 Å². The van der Waals surface area contributed by atoms with E-state index in [-0.39, 0.29) is 11.7 Å². The van der Waals surface area contributed by atoms with Gasteiger partial charge in [0.1, 0.15) is 10.7 Å². The number of imidazole rings is 1. The van der Waals surface area contributed by atoms with E-state index in [4.69, 9.17) is 23.2 Å². The maximum atomic E-state index is 13.2. The van der Waals surface area contributed by atoms with E-state index in [2.05, 4.69) is 9.88 Å². The highest BCUT2D eigenvalue weighted by Crippen LogP contribution is 2.30. The first kappa shape index (κ1) is 21.2. The van der Waals surface area contributed by atoms with Crippen molar-refractivity contribution in [3.05, 3.63) is 75.1 Å². The van der Waals surface area contributed by atoms with Gasteiger partial charge in [0.05, 0.1) is 15.7 Å². The highest BCUT2D eigenvalue weighted by atomic mass is 35.5. The molecule has 9 heteroatoms. The van der Waals surface area contributed by atoms with Gasteiger partial charge in [-0.05, 0) is 49.4 Å². The monoisotopic (exact) mass is 488 g/mol. The zero-order chi connectivity index (χ0) is 22.4. The van der Waals surface area contributed by atoms with Crippen molar-refractivity contribution in [2.75, 3.05) is 31.1 Å². The fraction of sp³-hybridized carbons (Fsp3) is 0.217. The Morgan fingerprint density at radius 3 is 2.41 bits per heavy atom. The second-order valence-electron chi connectivity index (χ2n) is 7.68. The zero-order valence-electron chi connectivity index (χ0n) is 17.2. The molecule has 0 aliphatic carbocycles. The van der Waals surface area contributed by atoms with Gasteiger partial charge >= 0.3 is 0 Å². The Labute approximate surface area is 198 Å². The number of carbonyl (C=O) groups is 1. The fourth-order valence-electron chi connectivity index (χ4n) is 3.90. The van der Waals surface area contributed by atoms with Crippen LogP contribution in [0.3, 0.4) is 0 Å². The van der Waals surface area contributed by atoms with Crippen LogP contribution in [0.2, 0.25) is 10.0 Å². The number of hydrogen-bond acceptors (Lipinski definition) is 4. The highest BCUT2D eigenvalue weighted by Gasteiger charge is 2.26. The molecule has 0 atom stereocenters. The molecule has 0 radical (unpaired) electrons. The molecule has 5 rings (SSSR count). The van der Waals surface area contributed by atoms with Crippen LogP contribution in [-0.4, -0.2) is 46.4 Å². The normalized spacial score (nSPS) is 14.4. The summed E-state index contributed by atoms with van der Waals surface area (Å²) in [7, 11) is 0. The lowest BCUT2D eigenvalue weighted by atomic mass is 10.2. The van der Waals surface area contributed by atoms with Gasteiger partial charge in [-0.15, -0.1) is 0 Å². The summed E-state index contributed by atoms with van der Waals surface area (Å²) in [6.45, 7) is 4.62. The van der Waals surface area contributed by atoms with Gasteiger partial charge in [0, 0.05) is 49.3 Å². The van der Waals surface area contributed by atoms with Crippen LogP contribution < -0.4 is 4.90 Å². The van der Waals surface area contributed by atoms with E-state index in [1.807, 2.05) is 34.6 Å². The molecule has 2 aromatic heterocycles. The number of aromatic nitrogens is 2. The van der Waals surface area contributed by atoms with Gasteiger partial charge in [-0.1, -0.05) is 34.5 Å². The quantitative estimate of drug-likeness (QED) is 0.367. The molecule has 1 saturated heterocycles. The molecule has 5 nitrogen and oxygen atoms in total. The molecule has 1 aliphatic rings. The lowest BCUT2D eigenvalue weighted by Gasteiger charge is -2.36. The third-order valence-corrected chi connectivity index (χ3v) is 7.61. The summed E-state index contributed by atoms with van der Waals surface area (Å²) >= 11 is 13.6. The van der Waals surface area contributed by atoms with Crippen LogP contribution in [0.25, 0.3) is 16.2 Å². The van der Waals surface area contributed by atoms with E-state index in [1.54, 1.807) is 18.2 Å². The standard InChI is InChI=1S/C23H19Cl2FN4OS/c1-14-21(32-23-27-20(13-30(14)23)15-2-4-16(26)5-3-15)22(31)29-10-8-28(9-11-29)17-6-7-18(24)19(25)12-17/h2-7,12-13H,8-11H2,1H3. The number of aryl methyl sites for hydroxylation is 1. The van der Waals surface area contributed by atoms with Crippen LogP contribution in [0.4, 0.5) is 10.1 Å². The molecule has 0 N–H and O–H groups in total. The molecule has 2 aromatic carbocycles. The number of piperazine rings is 1. The predicted octanol–water partition coefficient (Wildman–Crippen LogP) is 5.78. The molecule has 164 valence electrons. The average molecular weight is 489 g/mol. The summed E-state index contributed by atoms with van der Waals surface area (Å²) in [5, 5.41) is 1.06. The van der Waals surface area contributed by atoms with E-state index in [0.29, 0.717) is 28.0 Å². The van der Waals surface area contributed by atoms with Gasteiger partial charge in [-0.3, -0.25) is 9.20 Å². The van der Waals surface area contributed by atoms with Gasteiger partial charge in [0.2, 0.25) is 0 Å². The average Bonchev–Trinajstić information content (AvgIpc) is 3.35. The Balaban J connectivity index is 1.31. The van der Waals surface area contributed by atoms with Crippen molar-refractivity contribution in [1.82, 2.24) is 14.3 Å². The lowest BCUT2D eigenvalue weighted by Crippen LogP contribution is -2.48. The summed E-state index contributed by atoms with van der Waals surface area (Å²) in [5.74, 6) is -0.256. The number of carbonyl (C=O) groups excluding carboxylic acids is 1. The minimum Gasteiger partial charge on any atom is -0.368 e. The van der Waals surface area contributed by atoms with Gasteiger partial charge < -0.3 is 9.80 Å². The van der Waals surface area contributed by atoms with Crippen LogP contribution in [-0.2, 0) is 0 Å². The Bertz CT molecular complexity index is 1310.